The van der Waals surface area contributed by atoms with Gasteiger partial charge in [0.05, 0.1) is 36.4 Å². The summed E-state index contributed by atoms with van der Waals surface area (Å²) in [5.41, 5.74) is 1.74. The molecule has 1 aliphatic heterocycles. The van der Waals surface area contributed by atoms with Gasteiger partial charge in [-0.2, -0.15) is 0 Å². The van der Waals surface area contributed by atoms with Gasteiger partial charge in [0.15, 0.2) is 0 Å². The number of aromatic nitrogens is 2. The molecule has 132 valence electrons. The van der Waals surface area contributed by atoms with Gasteiger partial charge in [0, 0.05) is 19.2 Å². The number of ether oxygens (including phenoxy) is 2. The lowest BCUT2D eigenvalue weighted by Crippen LogP contribution is -2.19. The lowest BCUT2D eigenvalue weighted by molar-refractivity contribution is 0.102. The van der Waals surface area contributed by atoms with E-state index in [1.54, 1.807) is 32.4 Å². The van der Waals surface area contributed by atoms with Crippen LogP contribution in [-0.4, -0.2) is 42.2 Å². The van der Waals surface area contributed by atoms with Crippen LogP contribution in [0.15, 0.2) is 30.5 Å². The molecular formula is C18H22N4O3. The molecule has 7 nitrogen and oxygen atoms in total. The smallest absolute Gasteiger partial charge is 0.257 e. The van der Waals surface area contributed by atoms with Crippen LogP contribution in [0.2, 0.25) is 0 Å². The van der Waals surface area contributed by atoms with Gasteiger partial charge in [0.2, 0.25) is 5.88 Å². The molecule has 7 heteroatoms. The zero-order chi connectivity index (χ0) is 17.6. The summed E-state index contributed by atoms with van der Waals surface area (Å²) >= 11 is 0. The van der Waals surface area contributed by atoms with Crippen LogP contribution in [0.3, 0.4) is 0 Å². The van der Waals surface area contributed by atoms with E-state index in [0.717, 1.165) is 31.8 Å². The summed E-state index contributed by atoms with van der Waals surface area (Å²) in [5.74, 6) is 1.02. The number of hydrogen-bond acceptors (Lipinski definition) is 6. The first-order valence-corrected chi connectivity index (χ1v) is 8.30. The second kappa shape index (κ2) is 7.94. The number of hydrogen-bond donors (Lipinski definition) is 2. The summed E-state index contributed by atoms with van der Waals surface area (Å²) < 4.78 is 10.6. The van der Waals surface area contributed by atoms with E-state index in [2.05, 4.69) is 20.6 Å². The van der Waals surface area contributed by atoms with E-state index in [1.165, 1.54) is 0 Å². The molecular weight excluding hydrogens is 320 g/mol. The van der Waals surface area contributed by atoms with Crippen LogP contribution in [0.1, 0.15) is 28.9 Å². The molecule has 1 aliphatic rings. The van der Waals surface area contributed by atoms with Gasteiger partial charge in [-0.1, -0.05) is 0 Å². The standard InChI is InChI=1S/C18H22N4O3/c1-12-15(6-8-17(21-12)24-2)18(23)22-13-5-7-16(19-10-13)20-11-14-4-3-9-25-14/h5-8,10,14H,3-4,9,11H2,1-2H3,(H,19,20)(H,22,23). The molecule has 0 saturated carbocycles. The van der Waals surface area contributed by atoms with Crippen LogP contribution < -0.4 is 15.4 Å². The normalized spacial score (nSPS) is 16.5. The van der Waals surface area contributed by atoms with E-state index < -0.39 is 0 Å². The van der Waals surface area contributed by atoms with Crippen LogP contribution in [0, 0.1) is 6.92 Å². The Bertz CT molecular complexity index is 728. The third-order valence-electron chi connectivity index (χ3n) is 4.07. The fourth-order valence-electron chi connectivity index (χ4n) is 2.69. The molecule has 1 saturated heterocycles. The minimum Gasteiger partial charge on any atom is -0.481 e. The number of anilines is 2. The lowest BCUT2D eigenvalue weighted by Gasteiger charge is -2.12. The number of rotatable bonds is 6. The highest BCUT2D eigenvalue weighted by Gasteiger charge is 2.15. The van der Waals surface area contributed by atoms with Crippen molar-refractivity contribution in [3.63, 3.8) is 0 Å². The Hall–Kier alpha value is -2.67. The zero-order valence-corrected chi connectivity index (χ0v) is 14.4. The van der Waals surface area contributed by atoms with Crippen LogP contribution in [0.5, 0.6) is 5.88 Å². The Morgan fingerprint density at radius 1 is 1.36 bits per heavy atom. The fraction of sp³-hybridized carbons (Fsp3) is 0.389. The fourth-order valence-corrected chi connectivity index (χ4v) is 2.69. The molecule has 0 aliphatic carbocycles. The van der Waals surface area contributed by atoms with E-state index in [0.29, 0.717) is 22.8 Å². The van der Waals surface area contributed by atoms with E-state index in [9.17, 15) is 4.79 Å². The molecule has 0 radical (unpaired) electrons. The SMILES string of the molecule is COc1ccc(C(=O)Nc2ccc(NCC3CCCO3)nc2)c(C)n1. The second-order valence-corrected chi connectivity index (χ2v) is 5.89. The molecule has 0 aromatic carbocycles. The summed E-state index contributed by atoms with van der Waals surface area (Å²) in [6.45, 7) is 3.35. The third-order valence-corrected chi connectivity index (χ3v) is 4.07. The highest BCUT2D eigenvalue weighted by molar-refractivity contribution is 6.04. The number of pyridine rings is 2. The summed E-state index contributed by atoms with van der Waals surface area (Å²) in [7, 11) is 1.54. The molecule has 3 heterocycles. The Labute approximate surface area is 146 Å². The van der Waals surface area contributed by atoms with Crippen LogP contribution >= 0.6 is 0 Å². The maximum Gasteiger partial charge on any atom is 0.257 e. The van der Waals surface area contributed by atoms with Gasteiger partial charge in [-0.15, -0.1) is 0 Å². The highest BCUT2D eigenvalue weighted by Crippen LogP contribution is 2.16. The molecule has 1 fully saturated rings. The van der Waals surface area contributed by atoms with Gasteiger partial charge < -0.3 is 20.1 Å². The predicted octanol–water partition coefficient (Wildman–Crippen LogP) is 2.64. The number of carbonyl (C=O) groups excluding carboxylic acids is 1. The highest BCUT2D eigenvalue weighted by atomic mass is 16.5. The van der Waals surface area contributed by atoms with Crippen molar-refractivity contribution in [2.75, 3.05) is 30.9 Å². The first-order chi connectivity index (χ1) is 12.2. The summed E-state index contributed by atoms with van der Waals surface area (Å²) in [4.78, 5) is 20.9. The molecule has 25 heavy (non-hydrogen) atoms. The van der Waals surface area contributed by atoms with Gasteiger partial charge in [-0.05, 0) is 38.0 Å². The van der Waals surface area contributed by atoms with Crippen molar-refractivity contribution in [1.82, 2.24) is 9.97 Å². The van der Waals surface area contributed by atoms with Crippen molar-refractivity contribution in [3.05, 3.63) is 41.7 Å². The van der Waals surface area contributed by atoms with Crippen molar-refractivity contribution in [1.29, 1.82) is 0 Å². The number of amides is 1. The molecule has 2 N–H and O–H groups in total. The average molecular weight is 342 g/mol. The minimum atomic E-state index is -0.227. The van der Waals surface area contributed by atoms with Crippen LogP contribution in [0.4, 0.5) is 11.5 Å². The number of carbonyl (C=O) groups is 1. The molecule has 1 amide bonds. The molecule has 0 bridgehead atoms. The number of nitrogens with zero attached hydrogens (tertiary/aromatic N) is 2. The topological polar surface area (TPSA) is 85.4 Å². The number of aryl methyl sites for hydroxylation is 1. The third kappa shape index (κ3) is 4.45. The molecule has 2 aromatic rings. The van der Waals surface area contributed by atoms with E-state index in [1.807, 2.05) is 12.1 Å². The molecule has 3 rings (SSSR count). The monoisotopic (exact) mass is 342 g/mol. The van der Waals surface area contributed by atoms with Gasteiger partial charge in [-0.3, -0.25) is 4.79 Å². The number of methoxy groups -OCH3 is 1. The molecule has 1 atom stereocenters. The van der Waals surface area contributed by atoms with Crippen molar-refractivity contribution in [2.24, 2.45) is 0 Å². The lowest BCUT2D eigenvalue weighted by atomic mass is 10.2. The Morgan fingerprint density at radius 3 is 2.88 bits per heavy atom. The van der Waals surface area contributed by atoms with E-state index in [4.69, 9.17) is 9.47 Å². The maximum atomic E-state index is 12.4. The zero-order valence-electron chi connectivity index (χ0n) is 14.4. The van der Waals surface area contributed by atoms with Crippen LogP contribution in [0.25, 0.3) is 0 Å². The minimum absolute atomic E-state index is 0.227. The van der Waals surface area contributed by atoms with Crippen molar-refractivity contribution >= 4 is 17.4 Å². The first kappa shape index (κ1) is 17.2. The Balaban J connectivity index is 1.58. The molecule has 2 aromatic heterocycles. The predicted molar refractivity (Wildman–Crippen MR) is 95.2 cm³/mol. The molecule has 1 unspecified atom stereocenters. The van der Waals surface area contributed by atoms with E-state index >= 15 is 0 Å². The number of nitrogens with one attached hydrogen (secondary N) is 2. The Kier molecular flexibility index (Phi) is 5.45. The second-order valence-electron chi connectivity index (χ2n) is 5.89. The van der Waals surface area contributed by atoms with E-state index in [-0.39, 0.29) is 12.0 Å². The van der Waals surface area contributed by atoms with Crippen molar-refractivity contribution in [3.8, 4) is 5.88 Å². The summed E-state index contributed by atoms with van der Waals surface area (Å²) in [5, 5.41) is 6.07. The van der Waals surface area contributed by atoms with Crippen molar-refractivity contribution in [2.45, 2.75) is 25.9 Å². The maximum absolute atomic E-state index is 12.4. The summed E-state index contributed by atoms with van der Waals surface area (Å²) in [6, 6.07) is 7.01. The quantitative estimate of drug-likeness (QED) is 0.839. The van der Waals surface area contributed by atoms with Crippen LogP contribution in [-0.2, 0) is 4.74 Å². The summed E-state index contributed by atoms with van der Waals surface area (Å²) in [6.07, 6.45) is 4.08. The average Bonchev–Trinajstić information content (AvgIpc) is 3.14. The molecule has 0 spiro atoms. The largest absolute Gasteiger partial charge is 0.481 e. The van der Waals surface area contributed by atoms with Gasteiger partial charge in [-0.25, -0.2) is 9.97 Å². The van der Waals surface area contributed by atoms with Gasteiger partial charge in [0.1, 0.15) is 5.82 Å². The van der Waals surface area contributed by atoms with Gasteiger partial charge >= 0.3 is 0 Å². The van der Waals surface area contributed by atoms with Gasteiger partial charge in [0.25, 0.3) is 5.91 Å². The van der Waals surface area contributed by atoms with Crippen molar-refractivity contribution < 1.29 is 14.3 Å². The first-order valence-electron chi connectivity index (χ1n) is 8.30. The Morgan fingerprint density at radius 2 is 2.24 bits per heavy atom.